The molecule has 0 radical (unpaired) electrons. The molecule has 1 fully saturated rings. The van der Waals surface area contributed by atoms with Crippen LogP contribution in [0.1, 0.15) is 94.2 Å². The zero-order valence-electron chi connectivity index (χ0n) is 22.6. The zero-order valence-corrected chi connectivity index (χ0v) is 22.6. The van der Waals surface area contributed by atoms with Crippen LogP contribution in [0.3, 0.4) is 0 Å². The Bertz CT molecular complexity index is 1210. The Hall–Kier alpha value is -3.01. The summed E-state index contributed by atoms with van der Waals surface area (Å²) in [5.74, 6) is -0.825. The smallest absolute Gasteiger partial charge is 0.166 e. The first kappa shape index (κ1) is 28.0. The van der Waals surface area contributed by atoms with Gasteiger partial charge in [-0.25, -0.2) is 13.2 Å². The molecule has 0 spiro atoms. The minimum Gasteiger partial charge on any atom is -0.491 e. The second-order valence-corrected chi connectivity index (χ2v) is 10.7. The highest BCUT2D eigenvalue weighted by Gasteiger charge is 2.24. The van der Waals surface area contributed by atoms with E-state index in [2.05, 4.69) is 13.8 Å². The van der Waals surface area contributed by atoms with Crippen LogP contribution in [-0.2, 0) is 0 Å². The minimum atomic E-state index is -0.785. The van der Waals surface area contributed by atoms with Crippen LogP contribution in [0.2, 0.25) is 0 Å². The lowest BCUT2D eigenvalue weighted by molar-refractivity contribution is 0.290. The summed E-state index contributed by atoms with van der Waals surface area (Å²) in [7, 11) is 0. The molecule has 38 heavy (non-hydrogen) atoms. The molecule has 3 aromatic rings. The van der Waals surface area contributed by atoms with E-state index in [0.717, 1.165) is 55.2 Å². The van der Waals surface area contributed by atoms with Gasteiger partial charge in [-0.1, -0.05) is 107 Å². The fourth-order valence-electron chi connectivity index (χ4n) is 5.25. The molecule has 0 amide bonds. The molecule has 1 nitrogen and oxygen atoms in total. The van der Waals surface area contributed by atoms with Gasteiger partial charge in [0.05, 0.1) is 6.61 Å². The number of ether oxygens (including phenoxy) is 1. The van der Waals surface area contributed by atoms with Gasteiger partial charge in [-0.05, 0) is 65.5 Å². The SMILES string of the molecule is CCCCCCCOc1ccc(-c2ccc(/C=C/c3ccc(C4CCC(C)CC4)c(F)c3F)cc2)cc1F. The zero-order chi connectivity index (χ0) is 26.9. The highest BCUT2D eigenvalue weighted by Crippen LogP contribution is 2.37. The highest BCUT2D eigenvalue weighted by atomic mass is 19.2. The molecule has 0 bridgehead atoms. The van der Waals surface area contributed by atoms with Crippen molar-refractivity contribution >= 4 is 12.2 Å². The molecule has 0 N–H and O–H groups in total. The molecular formula is C34H39F3O. The molecule has 0 heterocycles. The summed E-state index contributed by atoms with van der Waals surface area (Å²) in [6.45, 7) is 4.92. The predicted molar refractivity (Wildman–Crippen MR) is 152 cm³/mol. The highest BCUT2D eigenvalue weighted by molar-refractivity contribution is 5.72. The number of halogens is 3. The van der Waals surface area contributed by atoms with Crippen LogP contribution >= 0.6 is 0 Å². The van der Waals surface area contributed by atoms with Crippen molar-refractivity contribution in [3.63, 3.8) is 0 Å². The average Bonchev–Trinajstić information content (AvgIpc) is 2.93. The normalized spacial score (nSPS) is 17.7. The molecule has 0 aliphatic heterocycles. The summed E-state index contributed by atoms with van der Waals surface area (Å²) < 4.78 is 49.9. The van der Waals surface area contributed by atoms with E-state index in [9.17, 15) is 13.2 Å². The molecule has 3 aromatic carbocycles. The summed E-state index contributed by atoms with van der Waals surface area (Å²) in [5, 5.41) is 0. The largest absolute Gasteiger partial charge is 0.491 e. The second-order valence-electron chi connectivity index (χ2n) is 10.7. The number of unbranched alkanes of at least 4 members (excludes halogenated alkanes) is 4. The van der Waals surface area contributed by atoms with E-state index in [4.69, 9.17) is 4.74 Å². The lowest BCUT2D eigenvalue weighted by atomic mass is 9.79. The maximum atomic E-state index is 14.9. The minimum absolute atomic E-state index is 0.104. The topological polar surface area (TPSA) is 9.23 Å². The van der Waals surface area contributed by atoms with Crippen LogP contribution in [0.15, 0.2) is 54.6 Å². The monoisotopic (exact) mass is 520 g/mol. The van der Waals surface area contributed by atoms with Crippen LogP contribution in [0, 0.1) is 23.4 Å². The van der Waals surface area contributed by atoms with Gasteiger partial charge in [-0.15, -0.1) is 0 Å². The summed E-state index contributed by atoms with van der Waals surface area (Å²) in [6.07, 6.45) is 13.0. The first-order valence-corrected chi connectivity index (χ1v) is 14.1. The maximum Gasteiger partial charge on any atom is 0.166 e. The fraction of sp³-hybridized carbons (Fsp3) is 0.412. The molecule has 0 aromatic heterocycles. The average molecular weight is 521 g/mol. The van der Waals surface area contributed by atoms with E-state index < -0.39 is 11.6 Å². The predicted octanol–water partition coefficient (Wildman–Crippen LogP) is 10.6. The van der Waals surface area contributed by atoms with E-state index in [1.165, 1.54) is 25.3 Å². The Labute approximate surface area is 225 Å². The van der Waals surface area contributed by atoms with Crippen molar-refractivity contribution in [2.45, 2.75) is 77.6 Å². The Kier molecular flexibility index (Phi) is 10.1. The standard InChI is InChI=1S/C34H39F3O/c1-3-4-5-6-7-22-38-32-21-19-29(23-31(32)35)26-15-10-25(11-16-26)12-17-28-18-20-30(34(37)33(28)36)27-13-8-24(2)9-14-27/h10-12,15-21,23-24,27H,3-9,13-14,22H2,1-2H3/b17-12+. The van der Waals surface area contributed by atoms with Crippen LogP contribution in [0.25, 0.3) is 23.3 Å². The molecule has 0 atom stereocenters. The Morgan fingerprint density at radius 2 is 1.47 bits per heavy atom. The number of rotatable bonds is 11. The van der Waals surface area contributed by atoms with Gasteiger partial charge in [0.2, 0.25) is 0 Å². The lowest BCUT2D eigenvalue weighted by Gasteiger charge is -2.27. The van der Waals surface area contributed by atoms with Crippen molar-refractivity contribution in [1.29, 1.82) is 0 Å². The third-order valence-corrected chi connectivity index (χ3v) is 7.73. The van der Waals surface area contributed by atoms with Crippen LogP contribution < -0.4 is 4.74 Å². The Morgan fingerprint density at radius 1 is 0.763 bits per heavy atom. The Balaban J connectivity index is 1.37. The van der Waals surface area contributed by atoms with Gasteiger partial charge >= 0.3 is 0 Å². The van der Waals surface area contributed by atoms with Crippen molar-refractivity contribution in [2.75, 3.05) is 6.61 Å². The van der Waals surface area contributed by atoms with Crippen LogP contribution in [0.5, 0.6) is 5.75 Å². The quantitative estimate of drug-likeness (QED) is 0.180. The third-order valence-electron chi connectivity index (χ3n) is 7.73. The van der Waals surface area contributed by atoms with Crippen LogP contribution in [0.4, 0.5) is 13.2 Å². The number of benzene rings is 3. The van der Waals surface area contributed by atoms with Crippen LogP contribution in [-0.4, -0.2) is 6.61 Å². The van der Waals surface area contributed by atoms with Gasteiger partial charge in [0.1, 0.15) is 0 Å². The molecule has 1 aliphatic rings. The van der Waals surface area contributed by atoms with Crippen molar-refractivity contribution in [2.24, 2.45) is 5.92 Å². The lowest BCUT2D eigenvalue weighted by Crippen LogP contribution is -2.13. The maximum absolute atomic E-state index is 14.9. The first-order valence-electron chi connectivity index (χ1n) is 14.1. The van der Waals surface area contributed by atoms with E-state index in [1.807, 2.05) is 30.3 Å². The molecule has 1 aliphatic carbocycles. The van der Waals surface area contributed by atoms with Crippen molar-refractivity contribution in [3.8, 4) is 16.9 Å². The van der Waals surface area contributed by atoms with Gasteiger partial charge in [0.15, 0.2) is 23.2 Å². The van der Waals surface area contributed by atoms with Crippen molar-refractivity contribution in [3.05, 3.63) is 88.7 Å². The van der Waals surface area contributed by atoms with Gasteiger partial charge in [-0.3, -0.25) is 0 Å². The first-order chi connectivity index (χ1) is 18.5. The summed E-state index contributed by atoms with van der Waals surface area (Å²) in [4.78, 5) is 0. The van der Waals surface area contributed by atoms with E-state index in [-0.39, 0.29) is 23.0 Å². The van der Waals surface area contributed by atoms with Gasteiger partial charge < -0.3 is 4.74 Å². The Morgan fingerprint density at radius 3 is 2.18 bits per heavy atom. The van der Waals surface area contributed by atoms with Gasteiger partial charge in [0.25, 0.3) is 0 Å². The van der Waals surface area contributed by atoms with E-state index in [1.54, 1.807) is 30.4 Å². The van der Waals surface area contributed by atoms with Crippen molar-refractivity contribution < 1.29 is 17.9 Å². The molecule has 0 unspecified atom stereocenters. The second kappa shape index (κ2) is 13.7. The third kappa shape index (κ3) is 7.30. The molecular weight excluding hydrogens is 481 g/mol. The number of hydrogen-bond acceptors (Lipinski definition) is 1. The summed E-state index contributed by atoms with van der Waals surface area (Å²) in [6, 6.07) is 16.0. The van der Waals surface area contributed by atoms with E-state index >= 15 is 0 Å². The molecule has 4 heteroatoms. The molecule has 202 valence electrons. The molecule has 0 saturated heterocycles. The summed E-state index contributed by atoms with van der Waals surface area (Å²) in [5.41, 5.74) is 3.22. The van der Waals surface area contributed by atoms with Gasteiger partial charge in [0, 0.05) is 5.56 Å². The van der Waals surface area contributed by atoms with Crippen molar-refractivity contribution in [1.82, 2.24) is 0 Å². The molecule has 1 saturated carbocycles. The number of hydrogen-bond donors (Lipinski definition) is 0. The van der Waals surface area contributed by atoms with Gasteiger partial charge in [-0.2, -0.15) is 0 Å². The fourth-order valence-corrected chi connectivity index (χ4v) is 5.25. The van der Waals surface area contributed by atoms with E-state index in [0.29, 0.717) is 18.1 Å². The molecule has 4 rings (SSSR count). The summed E-state index contributed by atoms with van der Waals surface area (Å²) >= 11 is 0.